The van der Waals surface area contributed by atoms with Crippen LogP contribution in [0.5, 0.6) is 0 Å². The van der Waals surface area contributed by atoms with Gasteiger partial charge in [0, 0.05) is 5.57 Å². The lowest BCUT2D eigenvalue weighted by atomic mass is 10.2. The lowest BCUT2D eigenvalue weighted by molar-refractivity contribution is -0.140. The second-order valence-electron chi connectivity index (χ2n) is 5.12. The van der Waals surface area contributed by atoms with E-state index in [1.165, 1.54) is 17.2 Å². The molecule has 1 aliphatic rings. The van der Waals surface area contributed by atoms with Gasteiger partial charge in [-0.05, 0) is 23.8 Å². The summed E-state index contributed by atoms with van der Waals surface area (Å²) < 4.78 is 10.5. The Morgan fingerprint density at radius 2 is 2.00 bits per heavy atom. The largest absolute Gasteiger partial charge is 0.479 e. The molecular weight excluding hydrogens is 298 g/mol. The number of benzene rings is 1. The average molecular weight is 313 g/mol. The number of furan rings is 1. The standard InChI is InChI=1S/C17H15NO5/c19-16(20)14-9-13(15-7-4-8-22-15)10-18(14)17(21)23-11-12-5-2-1-3-6-12/h1-9,14H,10-11H2,(H,19,20)/t14-/m0/s1. The Hall–Kier alpha value is -3.02. The highest BCUT2D eigenvalue weighted by molar-refractivity contribution is 5.88. The van der Waals surface area contributed by atoms with Crippen LogP contribution >= 0.6 is 0 Å². The third kappa shape index (κ3) is 3.26. The van der Waals surface area contributed by atoms with Crippen LogP contribution in [0.1, 0.15) is 11.3 Å². The third-order valence-corrected chi connectivity index (χ3v) is 3.57. The number of amides is 1. The predicted molar refractivity (Wildman–Crippen MR) is 81.4 cm³/mol. The number of rotatable bonds is 4. The summed E-state index contributed by atoms with van der Waals surface area (Å²) in [5, 5.41) is 9.31. The Bertz CT molecular complexity index is 721. The molecule has 6 nitrogen and oxygen atoms in total. The van der Waals surface area contributed by atoms with Crippen molar-refractivity contribution in [1.29, 1.82) is 0 Å². The molecule has 2 aromatic rings. The molecule has 1 N–H and O–H groups in total. The van der Waals surface area contributed by atoms with Crippen molar-refractivity contribution in [2.24, 2.45) is 0 Å². The lowest BCUT2D eigenvalue weighted by Crippen LogP contribution is -2.41. The van der Waals surface area contributed by atoms with Gasteiger partial charge in [-0.3, -0.25) is 4.90 Å². The fraction of sp³-hybridized carbons (Fsp3) is 0.176. The first kappa shape index (κ1) is 14.9. The number of carboxylic acids is 1. The number of nitrogens with zero attached hydrogens (tertiary/aromatic N) is 1. The van der Waals surface area contributed by atoms with E-state index in [1.54, 1.807) is 12.1 Å². The van der Waals surface area contributed by atoms with E-state index in [9.17, 15) is 14.7 Å². The zero-order chi connectivity index (χ0) is 16.2. The summed E-state index contributed by atoms with van der Waals surface area (Å²) in [5.41, 5.74) is 1.49. The van der Waals surface area contributed by atoms with Crippen LogP contribution < -0.4 is 0 Å². The maximum atomic E-state index is 12.2. The van der Waals surface area contributed by atoms with Gasteiger partial charge in [-0.15, -0.1) is 0 Å². The summed E-state index contributed by atoms with van der Waals surface area (Å²) in [6.45, 7) is 0.233. The van der Waals surface area contributed by atoms with Crippen LogP contribution in [0.4, 0.5) is 4.79 Å². The number of aliphatic carboxylic acids is 1. The molecule has 118 valence electrons. The number of hydrogen-bond donors (Lipinski definition) is 1. The van der Waals surface area contributed by atoms with Crippen LogP contribution in [-0.2, 0) is 16.1 Å². The first-order chi connectivity index (χ1) is 11.1. The molecule has 0 aliphatic carbocycles. The van der Waals surface area contributed by atoms with Gasteiger partial charge in [-0.1, -0.05) is 30.3 Å². The minimum Gasteiger partial charge on any atom is -0.479 e. The molecule has 0 radical (unpaired) electrons. The Morgan fingerprint density at radius 3 is 2.65 bits per heavy atom. The Morgan fingerprint density at radius 1 is 1.22 bits per heavy atom. The van der Waals surface area contributed by atoms with E-state index in [1.807, 2.05) is 30.3 Å². The van der Waals surface area contributed by atoms with Gasteiger partial charge in [0.1, 0.15) is 12.4 Å². The van der Waals surface area contributed by atoms with E-state index < -0.39 is 18.1 Å². The van der Waals surface area contributed by atoms with Crippen molar-refractivity contribution >= 4 is 17.6 Å². The summed E-state index contributed by atoms with van der Waals surface area (Å²) in [5.74, 6) is -0.558. The van der Waals surface area contributed by atoms with E-state index in [-0.39, 0.29) is 13.2 Å². The molecule has 0 unspecified atom stereocenters. The minimum atomic E-state index is -1.11. The second-order valence-corrected chi connectivity index (χ2v) is 5.12. The molecule has 0 saturated carbocycles. The Balaban J connectivity index is 1.69. The quantitative estimate of drug-likeness (QED) is 0.939. The molecule has 0 saturated heterocycles. The van der Waals surface area contributed by atoms with Crippen LogP contribution in [0.15, 0.2) is 59.2 Å². The van der Waals surface area contributed by atoms with Gasteiger partial charge in [0.2, 0.25) is 0 Å². The van der Waals surface area contributed by atoms with Crippen LogP contribution in [0, 0.1) is 0 Å². The Kier molecular flexibility index (Phi) is 4.14. The zero-order valence-electron chi connectivity index (χ0n) is 12.2. The molecular formula is C17H15NO5. The summed E-state index contributed by atoms with van der Waals surface area (Å²) in [4.78, 5) is 24.8. The topological polar surface area (TPSA) is 80.0 Å². The van der Waals surface area contributed by atoms with Gasteiger partial charge >= 0.3 is 12.1 Å². The number of carbonyl (C=O) groups is 2. The zero-order valence-corrected chi connectivity index (χ0v) is 12.2. The van der Waals surface area contributed by atoms with E-state index in [0.717, 1.165) is 5.56 Å². The van der Waals surface area contributed by atoms with Gasteiger partial charge in [0.05, 0.1) is 12.8 Å². The second kappa shape index (κ2) is 6.39. The van der Waals surface area contributed by atoms with Gasteiger partial charge in [-0.2, -0.15) is 0 Å². The van der Waals surface area contributed by atoms with E-state index >= 15 is 0 Å². The number of carboxylic acid groups (broad SMARTS) is 1. The van der Waals surface area contributed by atoms with Gasteiger partial charge in [0.25, 0.3) is 0 Å². The van der Waals surface area contributed by atoms with Crippen LogP contribution in [0.2, 0.25) is 0 Å². The van der Waals surface area contributed by atoms with Gasteiger partial charge < -0.3 is 14.3 Å². The molecule has 1 aromatic heterocycles. The third-order valence-electron chi connectivity index (χ3n) is 3.57. The van der Waals surface area contributed by atoms with Crippen molar-refractivity contribution in [2.45, 2.75) is 12.6 Å². The minimum absolute atomic E-state index is 0.0958. The predicted octanol–water partition coefficient (Wildman–Crippen LogP) is 2.77. The summed E-state index contributed by atoms with van der Waals surface area (Å²) in [6.07, 6.45) is 2.34. The highest BCUT2D eigenvalue weighted by atomic mass is 16.6. The number of carbonyl (C=O) groups excluding carboxylic acids is 1. The molecule has 3 rings (SSSR count). The van der Waals surface area contributed by atoms with Crippen molar-refractivity contribution < 1.29 is 23.8 Å². The molecule has 6 heteroatoms. The average Bonchev–Trinajstić information content (AvgIpc) is 3.22. The van der Waals surface area contributed by atoms with Crippen molar-refractivity contribution in [2.75, 3.05) is 6.54 Å². The fourth-order valence-electron chi connectivity index (χ4n) is 2.42. The molecule has 0 fully saturated rings. The number of ether oxygens (including phenoxy) is 1. The first-order valence-electron chi connectivity index (χ1n) is 7.10. The normalized spacial score (nSPS) is 17.0. The maximum Gasteiger partial charge on any atom is 0.411 e. The molecule has 1 aromatic carbocycles. The molecule has 0 bridgehead atoms. The summed E-state index contributed by atoms with van der Waals surface area (Å²) >= 11 is 0. The summed E-state index contributed by atoms with van der Waals surface area (Å²) in [6, 6.07) is 11.6. The Labute approximate surface area is 132 Å². The lowest BCUT2D eigenvalue weighted by Gasteiger charge is -2.21. The van der Waals surface area contributed by atoms with Gasteiger partial charge in [-0.25, -0.2) is 9.59 Å². The smallest absolute Gasteiger partial charge is 0.411 e. The van der Waals surface area contributed by atoms with Crippen LogP contribution in [-0.4, -0.2) is 34.7 Å². The van der Waals surface area contributed by atoms with Crippen molar-refractivity contribution in [3.8, 4) is 0 Å². The highest BCUT2D eigenvalue weighted by Gasteiger charge is 2.36. The van der Waals surface area contributed by atoms with E-state index in [4.69, 9.17) is 9.15 Å². The molecule has 23 heavy (non-hydrogen) atoms. The molecule has 1 aliphatic heterocycles. The fourth-order valence-corrected chi connectivity index (χ4v) is 2.42. The highest BCUT2D eigenvalue weighted by Crippen LogP contribution is 2.26. The SMILES string of the molecule is O=C(O)[C@@H]1C=C(c2ccco2)CN1C(=O)OCc1ccccc1. The van der Waals surface area contributed by atoms with E-state index in [0.29, 0.717) is 11.3 Å². The van der Waals surface area contributed by atoms with Crippen LogP contribution in [0.25, 0.3) is 5.57 Å². The first-order valence-corrected chi connectivity index (χ1v) is 7.10. The van der Waals surface area contributed by atoms with Crippen molar-refractivity contribution in [3.05, 3.63) is 66.1 Å². The van der Waals surface area contributed by atoms with Gasteiger partial charge in [0.15, 0.2) is 6.04 Å². The van der Waals surface area contributed by atoms with E-state index in [2.05, 4.69) is 0 Å². The molecule has 0 spiro atoms. The molecule has 1 amide bonds. The van der Waals surface area contributed by atoms with Crippen molar-refractivity contribution in [1.82, 2.24) is 4.90 Å². The van der Waals surface area contributed by atoms with Crippen molar-refractivity contribution in [3.63, 3.8) is 0 Å². The number of hydrogen-bond acceptors (Lipinski definition) is 4. The maximum absolute atomic E-state index is 12.2. The molecule has 2 heterocycles. The summed E-state index contributed by atoms with van der Waals surface area (Å²) in [7, 11) is 0. The molecule has 1 atom stereocenters. The van der Waals surface area contributed by atoms with Crippen LogP contribution in [0.3, 0.4) is 0 Å². The monoisotopic (exact) mass is 313 g/mol.